The van der Waals surface area contributed by atoms with Gasteiger partial charge in [-0.15, -0.1) is 0 Å². The van der Waals surface area contributed by atoms with Crippen molar-refractivity contribution >= 4 is 11.9 Å². The highest BCUT2D eigenvalue weighted by atomic mass is 16.4. The minimum Gasteiger partial charge on any atom is -0.479 e. The molecule has 3 N–H and O–H groups in total. The molecule has 5 nitrogen and oxygen atoms in total. The second-order valence-electron chi connectivity index (χ2n) is 6.09. The number of carboxylic acid groups (broad SMARTS) is 1. The van der Waals surface area contributed by atoms with Crippen LogP contribution in [0.2, 0.25) is 0 Å². The van der Waals surface area contributed by atoms with E-state index in [9.17, 15) is 14.7 Å². The van der Waals surface area contributed by atoms with Gasteiger partial charge in [-0.2, -0.15) is 0 Å². The highest BCUT2D eigenvalue weighted by molar-refractivity contribution is 5.94. The molecule has 1 unspecified atom stereocenters. The Kier molecular flexibility index (Phi) is 4.55. The van der Waals surface area contributed by atoms with Gasteiger partial charge in [0.2, 0.25) is 0 Å². The molecule has 0 bridgehead atoms. The Bertz CT molecular complexity index is 498. The van der Waals surface area contributed by atoms with E-state index in [0.29, 0.717) is 5.56 Å². The topological polar surface area (TPSA) is 86.6 Å². The van der Waals surface area contributed by atoms with Crippen molar-refractivity contribution in [2.75, 3.05) is 6.54 Å². The number of carboxylic acids is 1. The third kappa shape index (κ3) is 4.06. The fourth-order valence-electron chi connectivity index (χ4n) is 1.55. The molecule has 0 saturated heterocycles. The normalized spacial score (nSPS) is 14.4. The summed E-state index contributed by atoms with van der Waals surface area (Å²) in [6.45, 7) is 7.02. The predicted octanol–water partition coefficient (Wildman–Crippen LogP) is 1.55. The minimum atomic E-state index is -1.97. The summed E-state index contributed by atoms with van der Waals surface area (Å²) in [4.78, 5) is 22.6. The summed E-state index contributed by atoms with van der Waals surface area (Å²) in [6, 6.07) is 7.10. The monoisotopic (exact) mass is 279 g/mol. The van der Waals surface area contributed by atoms with Gasteiger partial charge in [0.15, 0.2) is 5.60 Å². The summed E-state index contributed by atoms with van der Waals surface area (Å²) < 4.78 is 0. The van der Waals surface area contributed by atoms with Crippen molar-refractivity contribution in [3.8, 4) is 0 Å². The van der Waals surface area contributed by atoms with E-state index in [2.05, 4.69) is 26.1 Å². The van der Waals surface area contributed by atoms with Crippen LogP contribution < -0.4 is 5.32 Å². The molecule has 0 heterocycles. The number of aliphatic hydroxyl groups is 1. The van der Waals surface area contributed by atoms with Crippen LogP contribution in [0.25, 0.3) is 0 Å². The Hall–Kier alpha value is -1.88. The van der Waals surface area contributed by atoms with Gasteiger partial charge in [-0.05, 0) is 30.0 Å². The lowest BCUT2D eigenvalue weighted by molar-refractivity contribution is -0.155. The van der Waals surface area contributed by atoms with Gasteiger partial charge in [0, 0.05) is 5.56 Å². The third-order valence-corrected chi connectivity index (χ3v) is 3.07. The predicted molar refractivity (Wildman–Crippen MR) is 75.7 cm³/mol. The largest absolute Gasteiger partial charge is 0.479 e. The molecule has 0 radical (unpaired) electrons. The molecule has 1 aromatic carbocycles. The number of carbonyl (C=O) groups is 2. The lowest BCUT2D eigenvalue weighted by Crippen LogP contribution is -2.46. The number of nitrogens with one attached hydrogen (secondary N) is 1. The fraction of sp³-hybridized carbons (Fsp3) is 0.467. The zero-order valence-corrected chi connectivity index (χ0v) is 12.2. The molecular formula is C15H21NO4. The van der Waals surface area contributed by atoms with Crippen molar-refractivity contribution in [2.24, 2.45) is 0 Å². The molecule has 0 saturated carbocycles. The number of carbonyl (C=O) groups excluding carboxylic acids is 1. The maximum absolute atomic E-state index is 11.9. The van der Waals surface area contributed by atoms with Crippen LogP contribution in [0, 0.1) is 0 Å². The van der Waals surface area contributed by atoms with Gasteiger partial charge in [-0.25, -0.2) is 4.79 Å². The molecule has 20 heavy (non-hydrogen) atoms. The molecule has 0 aliphatic heterocycles. The first kappa shape index (κ1) is 16.2. The van der Waals surface area contributed by atoms with E-state index in [1.165, 1.54) is 0 Å². The molecule has 1 atom stereocenters. The van der Waals surface area contributed by atoms with E-state index in [1.54, 1.807) is 12.1 Å². The van der Waals surface area contributed by atoms with Crippen molar-refractivity contribution in [1.82, 2.24) is 5.32 Å². The molecule has 0 aromatic heterocycles. The van der Waals surface area contributed by atoms with E-state index in [1.807, 2.05) is 12.1 Å². The molecule has 0 aliphatic rings. The van der Waals surface area contributed by atoms with E-state index < -0.39 is 17.5 Å². The smallest absolute Gasteiger partial charge is 0.337 e. The Labute approximate surface area is 118 Å². The summed E-state index contributed by atoms with van der Waals surface area (Å²) in [5.41, 5.74) is -0.436. The van der Waals surface area contributed by atoms with E-state index in [4.69, 9.17) is 5.11 Å². The average Bonchev–Trinajstić information content (AvgIpc) is 2.35. The fourth-order valence-corrected chi connectivity index (χ4v) is 1.55. The Balaban J connectivity index is 2.72. The molecule has 1 amide bonds. The first-order chi connectivity index (χ1) is 9.04. The van der Waals surface area contributed by atoms with E-state index >= 15 is 0 Å². The first-order valence-corrected chi connectivity index (χ1v) is 6.38. The molecule has 110 valence electrons. The second-order valence-corrected chi connectivity index (χ2v) is 6.09. The van der Waals surface area contributed by atoms with Gasteiger partial charge in [0.25, 0.3) is 5.91 Å². The van der Waals surface area contributed by atoms with Crippen molar-refractivity contribution < 1.29 is 19.8 Å². The third-order valence-electron chi connectivity index (χ3n) is 3.07. The van der Waals surface area contributed by atoms with Crippen LogP contribution in [0.1, 0.15) is 43.6 Å². The summed E-state index contributed by atoms with van der Waals surface area (Å²) in [6.07, 6.45) is 0. The van der Waals surface area contributed by atoms with Gasteiger partial charge < -0.3 is 15.5 Å². The summed E-state index contributed by atoms with van der Waals surface area (Å²) in [5, 5.41) is 20.7. The van der Waals surface area contributed by atoms with Crippen molar-refractivity contribution in [3.63, 3.8) is 0 Å². The van der Waals surface area contributed by atoms with Crippen molar-refractivity contribution in [2.45, 2.75) is 38.7 Å². The quantitative estimate of drug-likeness (QED) is 0.780. The zero-order chi connectivity index (χ0) is 15.6. The average molecular weight is 279 g/mol. The van der Waals surface area contributed by atoms with Crippen LogP contribution in [0.4, 0.5) is 0 Å². The molecule has 1 rings (SSSR count). The van der Waals surface area contributed by atoms with Crippen LogP contribution in [-0.4, -0.2) is 34.2 Å². The van der Waals surface area contributed by atoms with Crippen molar-refractivity contribution in [3.05, 3.63) is 35.4 Å². The maximum atomic E-state index is 11.9. The standard InChI is InChI=1S/C15H21NO4/c1-14(2,3)11-7-5-10(6-8-11)12(17)16-9-15(4,20)13(18)19/h5-8,20H,9H2,1-4H3,(H,16,17)(H,18,19). The number of hydrogen-bond acceptors (Lipinski definition) is 3. The number of benzene rings is 1. The van der Waals surface area contributed by atoms with E-state index in [0.717, 1.165) is 12.5 Å². The molecule has 0 aliphatic carbocycles. The molecule has 0 fully saturated rings. The molecule has 5 heteroatoms. The Morgan fingerprint density at radius 2 is 1.60 bits per heavy atom. The van der Waals surface area contributed by atoms with Crippen LogP contribution in [-0.2, 0) is 10.2 Å². The van der Waals surface area contributed by atoms with Crippen LogP contribution in [0.3, 0.4) is 0 Å². The SMILES string of the molecule is CC(O)(CNC(=O)c1ccc(C(C)(C)C)cc1)C(=O)O. The summed E-state index contributed by atoms with van der Waals surface area (Å²) >= 11 is 0. The maximum Gasteiger partial charge on any atom is 0.337 e. The second kappa shape index (κ2) is 5.63. The molecular weight excluding hydrogens is 258 g/mol. The number of amides is 1. The van der Waals surface area contributed by atoms with Crippen LogP contribution >= 0.6 is 0 Å². The lowest BCUT2D eigenvalue weighted by atomic mass is 9.86. The van der Waals surface area contributed by atoms with Crippen LogP contribution in [0.5, 0.6) is 0 Å². The zero-order valence-electron chi connectivity index (χ0n) is 12.2. The highest BCUT2D eigenvalue weighted by Gasteiger charge is 2.30. The summed E-state index contributed by atoms with van der Waals surface area (Å²) in [7, 11) is 0. The van der Waals surface area contributed by atoms with Gasteiger partial charge in [0.05, 0.1) is 6.54 Å². The summed E-state index contributed by atoms with van der Waals surface area (Å²) in [5.74, 6) is -1.78. The first-order valence-electron chi connectivity index (χ1n) is 6.38. The van der Waals surface area contributed by atoms with Gasteiger partial charge >= 0.3 is 5.97 Å². The molecule has 1 aromatic rings. The van der Waals surface area contributed by atoms with Gasteiger partial charge in [-0.1, -0.05) is 32.9 Å². The van der Waals surface area contributed by atoms with E-state index in [-0.39, 0.29) is 12.0 Å². The van der Waals surface area contributed by atoms with Gasteiger partial charge in [-0.3, -0.25) is 4.79 Å². The Morgan fingerprint density at radius 1 is 1.10 bits per heavy atom. The minimum absolute atomic E-state index is 0.00197. The number of rotatable bonds is 4. The number of aliphatic carboxylic acids is 1. The lowest BCUT2D eigenvalue weighted by Gasteiger charge is -2.20. The van der Waals surface area contributed by atoms with Crippen molar-refractivity contribution in [1.29, 1.82) is 0 Å². The van der Waals surface area contributed by atoms with Crippen LogP contribution in [0.15, 0.2) is 24.3 Å². The molecule has 0 spiro atoms. The Morgan fingerprint density at radius 3 is 2.00 bits per heavy atom. The number of hydrogen-bond donors (Lipinski definition) is 3. The van der Waals surface area contributed by atoms with Gasteiger partial charge in [0.1, 0.15) is 0 Å². The highest BCUT2D eigenvalue weighted by Crippen LogP contribution is 2.22.